The Morgan fingerprint density at radius 3 is 1.89 bits per heavy atom. The van der Waals surface area contributed by atoms with Gasteiger partial charge in [0.15, 0.2) is 5.78 Å². The average molecular weight is 262 g/mol. The van der Waals surface area contributed by atoms with Crippen LogP contribution in [0.15, 0.2) is 24.3 Å². The number of rotatable bonds is 5. The Labute approximate surface area is 115 Å². The van der Waals surface area contributed by atoms with Gasteiger partial charge >= 0.3 is 5.97 Å². The Morgan fingerprint density at radius 1 is 1.00 bits per heavy atom. The van der Waals surface area contributed by atoms with Crippen LogP contribution in [0.5, 0.6) is 0 Å². The lowest BCUT2D eigenvalue weighted by Crippen LogP contribution is -2.30. The number of ketones is 1. The number of esters is 1. The van der Waals surface area contributed by atoms with Crippen LogP contribution >= 0.6 is 0 Å². The first-order valence-electron chi connectivity index (χ1n) is 6.60. The number of methoxy groups -OCH3 is 1. The van der Waals surface area contributed by atoms with E-state index in [4.69, 9.17) is 4.74 Å². The van der Waals surface area contributed by atoms with E-state index < -0.39 is 11.9 Å². The van der Waals surface area contributed by atoms with Crippen molar-refractivity contribution in [3.05, 3.63) is 35.4 Å². The molecule has 0 aliphatic heterocycles. The van der Waals surface area contributed by atoms with E-state index in [1.165, 1.54) is 12.7 Å². The van der Waals surface area contributed by atoms with Gasteiger partial charge in [0.05, 0.1) is 7.11 Å². The molecule has 0 heterocycles. The summed E-state index contributed by atoms with van der Waals surface area (Å²) in [6, 6.07) is 7.45. The molecule has 0 fully saturated rings. The molecule has 1 atom stereocenters. The lowest BCUT2D eigenvalue weighted by atomic mass is 9.87. The van der Waals surface area contributed by atoms with Gasteiger partial charge in [0.25, 0.3) is 0 Å². The van der Waals surface area contributed by atoms with Crippen molar-refractivity contribution in [3.63, 3.8) is 0 Å². The summed E-state index contributed by atoms with van der Waals surface area (Å²) < 4.78 is 4.72. The van der Waals surface area contributed by atoms with Crippen molar-refractivity contribution in [1.82, 2.24) is 0 Å². The molecule has 1 aromatic carbocycles. The molecule has 0 spiro atoms. The van der Waals surface area contributed by atoms with Crippen LogP contribution in [-0.2, 0) is 9.53 Å². The van der Waals surface area contributed by atoms with Crippen LogP contribution in [0.3, 0.4) is 0 Å². The van der Waals surface area contributed by atoms with E-state index in [0.29, 0.717) is 11.5 Å². The highest BCUT2D eigenvalue weighted by atomic mass is 16.5. The minimum Gasteiger partial charge on any atom is -0.468 e. The van der Waals surface area contributed by atoms with E-state index in [0.717, 1.165) is 0 Å². The maximum atomic E-state index is 12.4. The van der Waals surface area contributed by atoms with E-state index in [1.54, 1.807) is 12.1 Å². The summed E-state index contributed by atoms with van der Waals surface area (Å²) in [7, 11) is 1.31. The Balaban J connectivity index is 3.00. The standard InChI is InChI=1S/C16H22O3/c1-10(2)12-6-8-13(9-7-12)15(17)14(11(3)4)16(18)19-5/h6-11,14H,1-5H3. The maximum Gasteiger partial charge on any atom is 0.316 e. The molecule has 1 aromatic rings. The highest BCUT2D eigenvalue weighted by molar-refractivity contribution is 6.08. The third kappa shape index (κ3) is 3.66. The first-order chi connectivity index (χ1) is 8.88. The second-order valence-corrected chi connectivity index (χ2v) is 5.39. The molecule has 19 heavy (non-hydrogen) atoms. The van der Waals surface area contributed by atoms with Gasteiger partial charge in [-0.2, -0.15) is 0 Å². The summed E-state index contributed by atoms with van der Waals surface area (Å²) in [5.74, 6) is -1.02. The number of carbonyl (C=O) groups is 2. The largest absolute Gasteiger partial charge is 0.468 e. The zero-order valence-electron chi connectivity index (χ0n) is 12.3. The summed E-state index contributed by atoms with van der Waals surface area (Å²) in [5.41, 5.74) is 1.74. The van der Waals surface area contributed by atoms with E-state index in [9.17, 15) is 9.59 Å². The van der Waals surface area contributed by atoms with Gasteiger partial charge in [-0.15, -0.1) is 0 Å². The third-order valence-corrected chi connectivity index (χ3v) is 3.27. The smallest absolute Gasteiger partial charge is 0.316 e. The van der Waals surface area contributed by atoms with Crippen molar-refractivity contribution >= 4 is 11.8 Å². The van der Waals surface area contributed by atoms with Gasteiger partial charge in [-0.25, -0.2) is 0 Å². The molecule has 3 nitrogen and oxygen atoms in total. The zero-order chi connectivity index (χ0) is 14.6. The second-order valence-electron chi connectivity index (χ2n) is 5.39. The Morgan fingerprint density at radius 2 is 1.53 bits per heavy atom. The number of benzene rings is 1. The Bertz CT molecular complexity index is 444. The summed E-state index contributed by atoms with van der Waals surface area (Å²) in [6.07, 6.45) is 0. The van der Waals surface area contributed by atoms with Gasteiger partial charge in [-0.05, 0) is 17.4 Å². The fourth-order valence-electron chi connectivity index (χ4n) is 2.02. The van der Waals surface area contributed by atoms with Crippen LogP contribution in [0.25, 0.3) is 0 Å². The average Bonchev–Trinajstić information content (AvgIpc) is 2.38. The van der Waals surface area contributed by atoms with E-state index >= 15 is 0 Å². The minimum atomic E-state index is -0.727. The minimum absolute atomic E-state index is 0.0790. The molecule has 3 heteroatoms. The van der Waals surface area contributed by atoms with Crippen molar-refractivity contribution in [2.45, 2.75) is 33.6 Å². The first kappa shape index (κ1) is 15.4. The number of Topliss-reactive ketones (excluding diaryl/α,β-unsaturated/α-hetero) is 1. The number of ether oxygens (including phenoxy) is 1. The summed E-state index contributed by atoms with van der Waals surface area (Å²) in [4.78, 5) is 24.1. The van der Waals surface area contributed by atoms with Crippen molar-refractivity contribution in [3.8, 4) is 0 Å². The van der Waals surface area contributed by atoms with E-state index in [1.807, 2.05) is 26.0 Å². The molecule has 1 rings (SSSR count). The Hall–Kier alpha value is -1.64. The maximum absolute atomic E-state index is 12.4. The molecule has 104 valence electrons. The fourth-order valence-corrected chi connectivity index (χ4v) is 2.02. The van der Waals surface area contributed by atoms with E-state index in [-0.39, 0.29) is 11.7 Å². The topological polar surface area (TPSA) is 43.4 Å². The van der Waals surface area contributed by atoms with Crippen molar-refractivity contribution in [1.29, 1.82) is 0 Å². The summed E-state index contributed by atoms with van der Waals surface area (Å²) in [5, 5.41) is 0. The normalized spacial score (nSPS) is 12.6. The van der Waals surface area contributed by atoms with Crippen molar-refractivity contribution < 1.29 is 14.3 Å². The van der Waals surface area contributed by atoms with Gasteiger partial charge < -0.3 is 4.74 Å². The highest BCUT2D eigenvalue weighted by Gasteiger charge is 2.31. The Kier molecular flexibility index (Phi) is 5.28. The SMILES string of the molecule is COC(=O)C(C(=O)c1ccc(C(C)C)cc1)C(C)C. The lowest BCUT2D eigenvalue weighted by molar-refractivity contribution is -0.144. The van der Waals surface area contributed by atoms with Gasteiger partial charge in [-0.3, -0.25) is 9.59 Å². The van der Waals surface area contributed by atoms with Crippen LogP contribution in [0.2, 0.25) is 0 Å². The zero-order valence-corrected chi connectivity index (χ0v) is 12.3. The van der Waals surface area contributed by atoms with Crippen LogP contribution in [-0.4, -0.2) is 18.9 Å². The van der Waals surface area contributed by atoms with Gasteiger partial charge in [0.1, 0.15) is 5.92 Å². The molecule has 1 unspecified atom stereocenters. The molecule has 0 aromatic heterocycles. The molecule has 0 N–H and O–H groups in total. The van der Waals surface area contributed by atoms with Crippen LogP contribution in [0, 0.1) is 11.8 Å². The molecule has 0 aliphatic rings. The number of carbonyl (C=O) groups excluding carboxylic acids is 2. The molecule has 0 saturated heterocycles. The van der Waals surface area contributed by atoms with Crippen LogP contribution in [0.4, 0.5) is 0 Å². The van der Waals surface area contributed by atoms with Gasteiger partial charge in [-0.1, -0.05) is 52.0 Å². The summed E-state index contributed by atoms with van der Waals surface area (Å²) >= 11 is 0. The molecule has 0 saturated carbocycles. The molecule has 0 bridgehead atoms. The molecular weight excluding hydrogens is 240 g/mol. The number of hydrogen-bond donors (Lipinski definition) is 0. The third-order valence-electron chi connectivity index (χ3n) is 3.27. The monoisotopic (exact) mass is 262 g/mol. The molecular formula is C16H22O3. The fraction of sp³-hybridized carbons (Fsp3) is 0.500. The highest BCUT2D eigenvalue weighted by Crippen LogP contribution is 2.21. The van der Waals surface area contributed by atoms with Crippen LogP contribution in [0.1, 0.15) is 49.5 Å². The van der Waals surface area contributed by atoms with Crippen LogP contribution < -0.4 is 0 Å². The molecule has 0 aliphatic carbocycles. The molecule has 0 radical (unpaired) electrons. The summed E-state index contributed by atoms with van der Waals surface area (Å²) in [6.45, 7) is 7.90. The number of hydrogen-bond acceptors (Lipinski definition) is 3. The first-order valence-corrected chi connectivity index (χ1v) is 6.60. The lowest BCUT2D eigenvalue weighted by Gasteiger charge is -2.17. The van der Waals surface area contributed by atoms with Gasteiger partial charge in [0.2, 0.25) is 0 Å². The predicted octanol–water partition coefficient (Wildman–Crippen LogP) is 3.44. The predicted molar refractivity (Wildman–Crippen MR) is 75.2 cm³/mol. The second kappa shape index (κ2) is 6.50. The quantitative estimate of drug-likeness (QED) is 0.464. The van der Waals surface area contributed by atoms with Crippen molar-refractivity contribution in [2.75, 3.05) is 7.11 Å². The van der Waals surface area contributed by atoms with E-state index in [2.05, 4.69) is 13.8 Å². The molecule has 0 amide bonds. The van der Waals surface area contributed by atoms with Crippen molar-refractivity contribution in [2.24, 2.45) is 11.8 Å². The van der Waals surface area contributed by atoms with Gasteiger partial charge in [0, 0.05) is 5.56 Å².